The maximum Gasteiger partial charge on any atom is 0.406 e. The molecule has 2 amide bonds. The van der Waals surface area contributed by atoms with Crippen LogP contribution in [0.3, 0.4) is 0 Å². The molecule has 0 aromatic carbocycles. The van der Waals surface area contributed by atoms with E-state index in [1.54, 1.807) is 0 Å². The number of hydrogen-bond acceptors (Lipinski definition) is 4. The largest absolute Gasteiger partial charge is 0.468 e. The Morgan fingerprint density at radius 2 is 2.05 bits per heavy atom. The fraction of sp³-hybridized carbons (Fsp3) is 0.727. The van der Waals surface area contributed by atoms with E-state index in [-0.39, 0.29) is 19.5 Å². The highest BCUT2D eigenvalue weighted by molar-refractivity contribution is 5.90. The normalized spacial score (nSPS) is 19.1. The molecule has 1 unspecified atom stereocenters. The van der Waals surface area contributed by atoms with Crippen molar-refractivity contribution in [1.29, 1.82) is 0 Å². The molecule has 6 nitrogen and oxygen atoms in total. The lowest BCUT2D eigenvalue weighted by Gasteiger charge is -2.21. The second kappa shape index (κ2) is 6.10. The van der Waals surface area contributed by atoms with E-state index in [1.807, 2.05) is 0 Å². The molecular weight excluding hydrogens is 281 g/mol. The smallest absolute Gasteiger partial charge is 0.406 e. The van der Waals surface area contributed by atoms with Gasteiger partial charge < -0.3 is 14.5 Å². The molecule has 0 saturated carbocycles. The molecular formula is C11H15F3N2O4. The molecule has 1 heterocycles. The Hall–Kier alpha value is -1.80. The lowest BCUT2D eigenvalue weighted by atomic mass is 10.1. The number of likely N-dealkylation sites (tertiary alicyclic amines) is 1. The van der Waals surface area contributed by atoms with E-state index >= 15 is 0 Å². The predicted octanol–water partition coefficient (Wildman–Crippen LogP) is 0.0286. The maximum atomic E-state index is 12.2. The molecule has 0 aromatic heterocycles. The van der Waals surface area contributed by atoms with Gasteiger partial charge in [0.25, 0.3) is 0 Å². The Kier molecular flexibility index (Phi) is 4.96. The summed E-state index contributed by atoms with van der Waals surface area (Å²) in [5.41, 5.74) is 0. The Balaban J connectivity index is 2.59. The van der Waals surface area contributed by atoms with E-state index in [0.29, 0.717) is 4.90 Å². The van der Waals surface area contributed by atoms with Gasteiger partial charge in [-0.15, -0.1) is 0 Å². The summed E-state index contributed by atoms with van der Waals surface area (Å²) in [6, 6.07) is 0. The minimum Gasteiger partial charge on any atom is -0.468 e. The van der Waals surface area contributed by atoms with Gasteiger partial charge in [-0.05, 0) is 0 Å². The van der Waals surface area contributed by atoms with Gasteiger partial charge in [-0.3, -0.25) is 14.4 Å². The van der Waals surface area contributed by atoms with Crippen LogP contribution in [0.1, 0.15) is 6.42 Å². The molecule has 114 valence electrons. The minimum atomic E-state index is -4.49. The van der Waals surface area contributed by atoms with Crippen LogP contribution in [0.15, 0.2) is 0 Å². The van der Waals surface area contributed by atoms with Gasteiger partial charge in [0.1, 0.15) is 13.1 Å². The summed E-state index contributed by atoms with van der Waals surface area (Å²) >= 11 is 0. The highest BCUT2D eigenvalue weighted by atomic mass is 19.4. The number of rotatable bonds is 4. The zero-order valence-corrected chi connectivity index (χ0v) is 11.1. The monoisotopic (exact) mass is 296 g/mol. The first kappa shape index (κ1) is 16.3. The van der Waals surface area contributed by atoms with Gasteiger partial charge in [0.15, 0.2) is 0 Å². The van der Waals surface area contributed by atoms with Crippen LogP contribution in [0.5, 0.6) is 0 Å². The first-order valence-corrected chi connectivity index (χ1v) is 5.80. The summed E-state index contributed by atoms with van der Waals surface area (Å²) < 4.78 is 41.1. The summed E-state index contributed by atoms with van der Waals surface area (Å²) in [5, 5.41) is 0. The van der Waals surface area contributed by atoms with Crippen LogP contribution < -0.4 is 0 Å². The van der Waals surface area contributed by atoms with E-state index in [0.717, 1.165) is 12.0 Å². The molecule has 0 spiro atoms. The Morgan fingerprint density at radius 3 is 2.55 bits per heavy atom. The number of ether oxygens (including phenoxy) is 1. The van der Waals surface area contributed by atoms with E-state index in [9.17, 15) is 27.6 Å². The zero-order chi connectivity index (χ0) is 15.5. The average molecular weight is 296 g/mol. The van der Waals surface area contributed by atoms with Gasteiger partial charge in [0, 0.05) is 20.0 Å². The lowest BCUT2D eigenvalue weighted by molar-refractivity contribution is -0.157. The predicted molar refractivity (Wildman–Crippen MR) is 60.4 cm³/mol. The molecule has 0 aliphatic carbocycles. The minimum absolute atomic E-state index is 0.277. The van der Waals surface area contributed by atoms with Gasteiger partial charge in [-0.1, -0.05) is 0 Å². The van der Waals surface area contributed by atoms with Crippen molar-refractivity contribution in [3.05, 3.63) is 0 Å². The van der Waals surface area contributed by atoms with Crippen LogP contribution in [0.2, 0.25) is 0 Å². The van der Waals surface area contributed by atoms with E-state index in [4.69, 9.17) is 0 Å². The van der Waals surface area contributed by atoms with Gasteiger partial charge in [0.05, 0.1) is 13.0 Å². The first-order chi connectivity index (χ1) is 9.14. The first-order valence-electron chi connectivity index (χ1n) is 5.80. The SMILES string of the molecule is COC(=O)CN(C)C(=O)C1CC(=O)N(CC(F)(F)F)C1. The number of hydrogen-bond donors (Lipinski definition) is 0. The summed E-state index contributed by atoms with van der Waals surface area (Å²) in [4.78, 5) is 36.0. The molecule has 1 aliphatic heterocycles. The fourth-order valence-corrected chi connectivity index (χ4v) is 1.95. The summed E-state index contributed by atoms with van der Waals surface area (Å²) in [7, 11) is 2.49. The lowest BCUT2D eigenvalue weighted by Crippen LogP contribution is -2.39. The third-order valence-corrected chi connectivity index (χ3v) is 2.90. The fourth-order valence-electron chi connectivity index (χ4n) is 1.95. The summed E-state index contributed by atoms with van der Waals surface area (Å²) in [6.07, 6.45) is -4.77. The van der Waals surface area contributed by atoms with Crippen molar-refractivity contribution < 1.29 is 32.3 Å². The molecule has 0 aromatic rings. The van der Waals surface area contributed by atoms with Crippen LogP contribution >= 0.6 is 0 Å². The van der Waals surface area contributed by atoms with E-state index < -0.39 is 36.4 Å². The van der Waals surface area contributed by atoms with Crippen molar-refractivity contribution in [2.75, 3.05) is 33.8 Å². The molecule has 1 rings (SSSR count). The molecule has 1 saturated heterocycles. The van der Waals surface area contributed by atoms with Gasteiger partial charge in [-0.2, -0.15) is 13.2 Å². The topological polar surface area (TPSA) is 66.9 Å². The molecule has 0 bridgehead atoms. The van der Waals surface area contributed by atoms with E-state index in [1.165, 1.54) is 7.05 Å². The number of likely N-dealkylation sites (N-methyl/N-ethyl adjacent to an activating group) is 1. The van der Waals surface area contributed by atoms with Crippen molar-refractivity contribution in [3.8, 4) is 0 Å². The summed E-state index contributed by atoms with van der Waals surface area (Å²) in [5.74, 6) is -2.77. The zero-order valence-electron chi connectivity index (χ0n) is 11.1. The standard InChI is InChI=1S/C11H15F3N2O4/c1-15(5-9(18)20-2)10(19)7-3-8(17)16(4-7)6-11(12,13)14/h7H,3-6H2,1-2H3. The number of amides is 2. The number of esters is 1. The molecule has 20 heavy (non-hydrogen) atoms. The van der Waals surface area contributed by atoms with E-state index in [2.05, 4.69) is 4.74 Å². The molecule has 1 atom stereocenters. The second-order valence-corrected chi connectivity index (χ2v) is 4.56. The number of methoxy groups -OCH3 is 1. The second-order valence-electron chi connectivity index (χ2n) is 4.56. The van der Waals surface area contributed by atoms with Crippen LogP contribution in [0.4, 0.5) is 13.2 Å². The van der Waals surface area contributed by atoms with Crippen LogP contribution in [0, 0.1) is 5.92 Å². The molecule has 1 fully saturated rings. The van der Waals surface area contributed by atoms with Crippen molar-refractivity contribution in [2.45, 2.75) is 12.6 Å². The summed E-state index contributed by atoms with van der Waals surface area (Å²) in [6.45, 7) is -1.96. The molecule has 9 heteroatoms. The number of nitrogens with zero attached hydrogens (tertiary/aromatic N) is 2. The molecule has 0 radical (unpaired) electrons. The Morgan fingerprint density at radius 1 is 1.45 bits per heavy atom. The van der Waals surface area contributed by atoms with Crippen molar-refractivity contribution >= 4 is 17.8 Å². The third kappa shape index (κ3) is 4.39. The van der Waals surface area contributed by atoms with Crippen LogP contribution in [0.25, 0.3) is 0 Å². The van der Waals surface area contributed by atoms with Crippen molar-refractivity contribution in [2.24, 2.45) is 5.92 Å². The maximum absolute atomic E-state index is 12.2. The number of halogens is 3. The highest BCUT2D eigenvalue weighted by Gasteiger charge is 2.41. The van der Waals surface area contributed by atoms with Crippen molar-refractivity contribution in [1.82, 2.24) is 9.80 Å². The van der Waals surface area contributed by atoms with Gasteiger partial charge >= 0.3 is 12.1 Å². The van der Waals surface area contributed by atoms with Crippen LogP contribution in [-0.2, 0) is 19.1 Å². The quantitative estimate of drug-likeness (QED) is 0.686. The van der Waals surface area contributed by atoms with Crippen LogP contribution in [-0.4, -0.2) is 67.6 Å². The average Bonchev–Trinajstić information content (AvgIpc) is 2.67. The molecule has 1 aliphatic rings. The number of alkyl halides is 3. The van der Waals surface area contributed by atoms with Gasteiger partial charge in [-0.25, -0.2) is 0 Å². The Labute approximate surface area is 113 Å². The third-order valence-electron chi connectivity index (χ3n) is 2.90. The highest BCUT2D eigenvalue weighted by Crippen LogP contribution is 2.24. The van der Waals surface area contributed by atoms with Crippen molar-refractivity contribution in [3.63, 3.8) is 0 Å². The number of carbonyl (C=O) groups is 3. The number of carbonyl (C=O) groups excluding carboxylic acids is 3. The Bertz CT molecular complexity index is 411. The molecule has 0 N–H and O–H groups in total. The van der Waals surface area contributed by atoms with Gasteiger partial charge in [0.2, 0.25) is 11.8 Å².